The highest BCUT2D eigenvalue weighted by Crippen LogP contribution is 2.28. The van der Waals surface area contributed by atoms with E-state index in [4.69, 9.17) is 19.9 Å². The Bertz CT molecular complexity index is 727. The van der Waals surface area contributed by atoms with Gasteiger partial charge in [-0.1, -0.05) is 0 Å². The lowest BCUT2D eigenvalue weighted by atomic mass is 10.1. The fourth-order valence-electron chi connectivity index (χ4n) is 2.35. The standard InChI is InChI=1S/C20H31N3O6/c1-20(2,3)29-18(25)12-23(10-9-22(4)5)19(26)14-7-8-15(16(11-14)27-6)28-13-17(21)24/h7-8,11H,9-10,12-13H2,1-6H3,(H2,21,24). The van der Waals surface area contributed by atoms with E-state index in [9.17, 15) is 14.4 Å². The number of likely N-dealkylation sites (N-methyl/N-ethyl adjacent to an activating group) is 1. The highest BCUT2D eigenvalue weighted by atomic mass is 16.6. The van der Waals surface area contributed by atoms with Crippen LogP contribution in [0.4, 0.5) is 0 Å². The molecule has 9 heteroatoms. The third-order valence-corrected chi connectivity index (χ3v) is 3.62. The second kappa shape index (κ2) is 10.7. The number of nitrogens with two attached hydrogens (primary N) is 1. The van der Waals surface area contributed by atoms with E-state index in [0.717, 1.165) is 0 Å². The molecule has 0 aliphatic heterocycles. The molecule has 0 saturated carbocycles. The molecule has 162 valence electrons. The highest BCUT2D eigenvalue weighted by Gasteiger charge is 2.24. The van der Waals surface area contributed by atoms with Gasteiger partial charge in [-0.3, -0.25) is 14.4 Å². The Morgan fingerprint density at radius 2 is 1.72 bits per heavy atom. The van der Waals surface area contributed by atoms with Crippen molar-refractivity contribution < 1.29 is 28.6 Å². The minimum atomic E-state index is -0.643. The second-order valence-corrected chi connectivity index (χ2v) is 7.74. The number of hydrogen-bond acceptors (Lipinski definition) is 7. The van der Waals surface area contributed by atoms with E-state index in [-0.39, 0.29) is 30.6 Å². The Morgan fingerprint density at radius 3 is 2.24 bits per heavy atom. The Kier molecular flexibility index (Phi) is 8.90. The Morgan fingerprint density at radius 1 is 1.07 bits per heavy atom. The van der Waals surface area contributed by atoms with Crippen LogP contribution in [0.1, 0.15) is 31.1 Å². The molecule has 29 heavy (non-hydrogen) atoms. The van der Waals surface area contributed by atoms with Crippen LogP contribution in [0, 0.1) is 0 Å². The minimum absolute atomic E-state index is 0.174. The number of amides is 2. The molecule has 0 aromatic heterocycles. The van der Waals surface area contributed by atoms with E-state index < -0.39 is 17.5 Å². The number of carbonyl (C=O) groups is 3. The van der Waals surface area contributed by atoms with Crippen molar-refractivity contribution in [2.45, 2.75) is 26.4 Å². The van der Waals surface area contributed by atoms with E-state index in [1.54, 1.807) is 26.8 Å². The van der Waals surface area contributed by atoms with Crippen molar-refractivity contribution in [3.8, 4) is 11.5 Å². The molecule has 0 bridgehead atoms. The van der Waals surface area contributed by atoms with Crippen molar-refractivity contribution in [3.63, 3.8) is 0 Å². The highest BCUT2D eigenvalue weighted by molar-refractivity contribution is 5.96. The van der Waals surface area contributed by atoms with Gasteiger partial charge in [-0.25, -0.2) is 0 Å². The average Bonchev–Trinajstić information content (AvgIpc) is 2.60. The lowest BCUT2D eigenvalue weighted by Gasteiger charge is -2.26. The van der Waals surface area contributed by atoms with Crippen LogP contribution in [0.3, 0.4) is 0 Å². The summed E-state index contributed by atoms with van der Waals surface area (Å²) in [7, 11) is 5.18. The summed E-state index contributed by atoms with van der Waals surface area (Å²) in [5.41, 5.74) is 4.76. The summed E-state index contributed by atoms with van der Waals surface area (Å²) in [6.45, 7) is 5.74. The maximum atomic E-state index is 13.0. The number of benzene rings is 1. The number of rotatable bonds is 10. The van der Waals surface area contributed by atoms with Crippen molar-refractivity contribution in [3.05, 3.63) is 23.8 Å². The van der Waals surface area contributed by atoms with E-state index in [1.165, 1.54) is 24.1 Å². The van der Waals surface area contributed by atoms with Crippen LogP contribution < -0.4 is 15.2 Å². The SMILES string of the molecule is COc1cc(C(=O)N(CCN(C)C)CC(=O)OC(C)(C)C)ccc1OCC(N)=O. The molecule has 0 spiro atoms. The molecule has 0 saturated heterocycles. The third kappa shape index (κ3) is 8.82. The van der Waals surface area contributed by atoms with Crippen LogP contribution in [0.5, 0.6) is 11.5 Å². The molecule has 1 aromatic carbocycles. The maximum absolute atomic E-state index is 13.0. The number of esters is 1. The van der Waals surface area contributed by atoms with Crippen LogP contribution in [0.2, 0.25) is 0 Å². The fraction of sp³-hybridized carbons (Fsp3) is 0.550. The summed E-state index contributed by atoms with van der Waals surface area (Å²) in [5.74, 6) is -0.897. The molecule has 9 nitrogen and oxygen atoms in total. The molecule has 1 rings (SSSR count). The lowest BCUT2D eigenvalue weighted by molar-refractivity contribution is -0.155. The zero-order chi connectivity index (χ0) is 22.2. The van der Waals surface area contributed by atoms with Gasteiger partial charge in [0.1, 0.15) is 12.1 Å². The van der Waals surface area contributed by atoms with Crippen LogP contribution in [-0.2, 0) is 14.3 Å². The second-order valence-electron chi connectivity index (χ2n) is 7.74. The van der Waals surface area contributed by atoms with E-state index in [1.807, 2.05) is 19.0 Å². The molecule has 0 fully saturated rings. The maximum Gasteiger partial charge on any atom is 0.326 e. The van der Waals surface area contributed by atoms with Crippen LogP contribution in [0.15, 0.2) is 18.2 Å². The largest absolute Gasteiger partial charge is 0.493 e. The van der Waals surface area contributed by atoms with Gasteiger partial charge in [-0.15, -0.1) is 0 Å². The summed E-state index contributed by atoms with van der Waals surface area (Å²) in [6.07, 6.45) is 0. The van der Waals surface area contributed by atoms with Crippen LogP contribution >= 0.6 is 0 Å². The molecule has 0 aliphatic carbocycles. The number of methoxy groups -OCH3 is 1. The predicted octanol–water partition coefficient (Wildman–Crippen LogP) is 0.905. The Balaban J connectivity index is 3.04. The number of primary amides is 1. The Hall–Kier alpha value is -2.81. The number of ether oxygens (including phenoxy) is 3. The van der Waals surface area contributed by atoms with Crippen LogP contribution in [-0.4, -0.2) is 80.6 Å². The van der Waals surface area contributed by atoms with Gasteiger partial charge in [0, 0.05) is 18.7 Å². The first kappa shape index (κ1) is 24.2. The van der Waals surface area contributed by atoms with Gasteiger partial charge < -0.3 is 29.7 Å². The van der Waals surface area contributed by atoms with Gasteiger partial charge in [0.05, 0.1) is 7.11 Å². The van der Waals surface area contributed by atoms with Crippen molar-refractivity contribution in [1.82, 2.24) is 9.80 Å². The number of hydrogen-bond donors (Lipinski definition) is 1. The van der Waals surface area contributed by atoms with Crippen molar-refractivity contribution in [2.75, 3.05) is 47.4 Å². The number of nitrogens with zero attached hydrogens (tertiary/aromatic N) is 2. The first-order valence-corrected chi connectivity index (χ1v) is 9.18. The van der Waals surface area contributed by atoms with E-state index >= 15 is 0 Å². The average molecular weight is 409 g/mol. The molecule has 2 N–H and O–H groups in total. The molecular weight excluding hydrogens is 378 g/mol. The smallest absolute Gasteiger partial charge is 0.326 e. The zero-order valence-electron chi connectivity index (χ0n) is 18.0. The topological polar surface area (TPSA) is 111 Å². The van der Waals surface area contributed by atoms with Gasteiger partial charge >= 0.3 is 5.97 Å². The molecule has 0 heterocycles. The quantitative estimate of drug-likeness (QED) is 0.572. The Labute approximate surface area is 171 Å². The van der Waals surface area contributed by atoms with Gasteiger partial charge in [0.15, 0.2) is 18.1 Å². The first-order chi connectivity index (χ1) is 13.4. The summed E-state index contributed by atoms with van der Waals surface area (Å²) < 4.78 is 15.9. The monoisotopic (exact) mass is 409 g/mol. The zero-order valence-corrected chi connectivity index (χ0v) is 18.0. The fourth-order valence-corrected chi connectivity index (χ4v) is 2.35. The molecular formula is C20H31N3O6. The first-order valence-electron chi connectivity index (χ1n) is 9.18. The summed E-state index contributed by atoms with van der Waals surface area (Å²) in [4.78, 5) is 39.5. The summed E-state index contributed by atoms with van der Waals surface area (Å²) >= 11 is 0. The van der Waals surface area contributed by atoms with Crippen molar-refractivity contribution >= 4 is 17.8 Å². The van der Waals surface area contributed by atoms with Crippen molar-refractivity contribution in [1.29, 1.82) is 0 Å². The normalized spacial score (nSPS) is 11.1. The number of carbonyl (C=O) groups excluding carboxylic acids is 3. The molecule has 0 radical (unpaired) electrons. The summed E-state index contributed by atoms with van der Waals surface area (Å²) in [6, 6.07) is 4.56. The van der Waals surface area contributed by atoms with Gasteiger partial charge in [-0.2, -0.15) is 0 Å². The third-order valence-electron chi connectivity index (χ3n) is 3.62. The minimum Gasteiger partial charge on any atom is -0.493 e. The molecule has 2 amide bonds. The van der Waals surface area contributed by atoms with Gasteiger partial charge in [-0.05, 0) is 53.1 Å². The van der Waals surface area contributed by atoms with Gasteiger partial charge in [0.2, 0.25) is 0 Å². The summed E-state index contributed by atoms with van der Waals surface area (Å²) in [5, 5.41) is 0. The molecule has 1 aromatic rings. The van der Waals surface area contributed by atoms with E-state index in [0.29, 0.717) is 18.7 Å². The molecule has 0 atom stereocenters. The van der Waals surface area contributed by atoms with Crippen LogP contribution in [0.25, 0.3) is 0 Å². The van der Waals surface area contributed by atoms with E-state index in [2.05, 4.69) is 0 Å². The van der Waals surface area contributed by atoms with Crippen molar-refractivity contribution in [2.24, 2.45) is 5.73 Å². The molecule has 0 unspecified atom stereocenters. The lowest BCUT2D eigenvalue weighted by Crippen LogP contribution is -2.42. The predicted molar refractivity (Wildman–Crippen MR) is 108 cm³/mol. The molecule has 0 aliphatic rings. The van der Waals surface area contributed by atoms with Gasteiger partial charge in [0.25, 0.3) is 11.8 Å².